The van der Waals surface area contributed by atoms with E-state index in [1.165, 1.54) is 24.1 Å². The van der Waals surface area contributed by atoms with Crippen LogP contribution in [0.2, 0.25) is 5.02 Å². The highest BCUT2D eigenvalue weighted by molar-refractivity contribution is 7.92. The Bertz CT molecular complexity index is 1480. The fourth-order valence-corrected chi connectivity index (χ4v) is 6.87. The molecular weight excluding hydrogens is 574 g/mol. The van der Waals surface area contributed by atoms with Gasteiger partial charge in [0, 0.05) is 17.6 Å². The van der Waals surface area contributed by atoms with E-state index in [-0.39, 0.29) is 29.1 Å². The van der Waals surface area contributed by atoms with E-state index in [0.29, 0.717) is 17.2 Å². The van der Waals surface area contributed by atoms with Gasteiger partial charge in [-0.15, -0.1) is 0 Å². The van der Waals surface area contributed by atoms with Crippen LogP contribution in [0.25, 0.3) is 0 Å². The van der Waals surface area contributed by atoms with E-state index in [1.54, 1.807) is 54.6 Å². The molecule has 3 aromatic carbocycles. The lowest BCUT2D eigenvalue weighted by Crippen LogP contribution is -2.53. The lowest BCUT2D eigenvalue weighted by atomic mass is 10.1. The van der Waals surface area contributed by atoms with Crippen molar-refractivity contribution in [2.24, 2.45) is 0 Å². The molecule has 224 valence electrons. The Labute approximate surface area is 253 Å². The second-order valence-corrected chi connectivity index (χ2v) is 12.9. The largest absolute Gasteiger partial charge is 0.495 e. The van der Waals surface area contributed by atoms with Crippen LogP contribution >= 0.6 is 11.6 Å². The number of methoxy groups -OCH3 is 1. The number of hydrogen-bond donors (Lipinski definition) is 1. The second kappa shape index (κ2) is 14.1. The highest BCUT2D eigenvalue weighted by Crippen LogP contribution is 2.34. The van der Waals surface area contributed by atoms with Crippen LogP contribution in [0.3, 0.4) is 0 Å². The first kappa shape index (κ1) is 31.4. The Kier molecular flexibility index (Phi) is 10.5. The smallest absolute Gasteiger partial charge is 0.264 e. The summed E-state index contributed by atoms with van der Waals surface area (Å²) in [6.45, 7) is 3.27. The summed E-state index contributed by atoms with van der Waals surface area (Å²) < 4.78 is 34.8. The van der Waals surface area contributed by atoms with Crippen molar-refractivity contribution in [3.63, 3.8) is 0 Å². The van der Waals surface area contributed by atoms with Crippen molar-refractivity contribution in [3.05, 3.63) is 88.9 Å². The Morgan fingerprint density at radius 3 is 2.31 bits per heavy atom. The van der Waals surface area contributed by atoms with Crippen LogP contribution < -0.4 is 14.4 Å². The van der Waals surface area contributed by atoms with Gasteiger partial charge in [0.25, 0.3) is 10.0 Å². The van der Waals surface area contributed by atoms with Crippen LogP contribution in [-0.4, -0.2) is 50.9 Å². The molecule has 0 unspecified atom stereocenters. The van der Waals surface area contributed by atoms with Crippen molar-refractivity contribution >= 4 is 39.1 Å². The number of aryl methyl sites for hydroxylation is 1. The topological polar surface area (TPSA) is 96.0 Å². The third-order valence-electron chi connectivity index (χ3n) is 7.57. The SMILES string of the molecule is CC[C@H](C(=O)NC1CCCC1)N(Cc1ccc(Cl)cc1)C(=O)CN(c1cc(C)ccc1OC)S(=O)(=O)c1ccccc1. The van der Waals surface area contributed by atoms with E-state index in [9.17, 15) is 18.0 Å². The maximum Gasteiger partial charge on any atom is 0.264 e. The number of halogens is 1. The molecule has 1 fully saturated rings. The number of ether oxygens (including phenoxy) is 1. The van der Waals surface area contributed by atoms with E-state index in [2.05, 4.69) is 5.32 Å². The molecule has 0 radical (unpaired) electrons. The minimum Gasteiger partial charge on any atom is -0.495 e. The van der Waals surface area contributed by atoms with Crippen molar-refractivity contribution in [2.75, 3.05) is 18.0 Å². The zero-order chi connectivity index (χ0) is 30.3. The van der Waals surface area contributed by atoms with Crippen molar-refractivity contribution in [1.29, 1.82) is 0 Å². The first-order valence-electron chi connectivity index (χ1n) is 14.2. The van der Waals surface area contributed by atoms with Gasteiger partial charge in [-0.05, 0) is 73.7 Å². The number of carbonyl (C=O) groups excluding carboxylic acids is 2. The lowest BCUT2D eigenvalue weighted by Gasteiger charge is -2.34. The summed E-state index contributed by atoms with van der Waals surface area (Å²) in [7, 11) is -2.74. The van der Waals surface area contributed by atoms with Gasteiger partial charge in [-0.2, -0.15) is 0 Å². The second-order valence-electron chi connectivity index (χ2n) is 10.6. The first-order valence-corrected chi connectivity index (χ1v) is 16.0. The average Bonchev–Trinajstić information content (AvgIpc) is 3.50. The molecule has 0 aliphatic heterocycles. The fourth-order valence-electron chi connectivity index (χ4n) is 5.30. The van der Waals surface area contributed by atoms with Gasteiger partial charge in [0.2, 0.25) is 11.8 Å². The van der Waals surface area contributed by atoms with Crippen LogP contribution in [0, 0.1) is 6.92 Å². The zero-order valence-corrected chi connectivity index (χ0v) is 25.8. The molecule has 10 heteroatoms. The number of anilines is 1. The number of sulfonamides is 1. The molecule has 1 atom stereocenters. The summed E-state index contributed by atoms with van der Waals surface area (Å²) in [6.07, 6.45) is 4.28. The van der Waals surface area contributed by atoms with Crippen molar-refractivity contribution < 1.29 is 22.7 Å². The van der Waals surface area contributed by atoms with Gasteiger partial charge in [0.1, 0.15) is 18.3 Å². The van der Waals surface area contributed by atoms with Crippen molar-refractivity contribution in [2.45, 2.75) is 69.5 Å². The first-order chi connectivity index (χ1) is 20.1. The predicted octanol–water partition coefficient (Wildman–Crippen LogP) is 5.72. The molecule has 8 nitrogen and oxygen atoms in total. The molecule has 1 N–H and O–H groups in total. The zero-order valence-electron chi connectivity index (χ0n) is 24.3. The number of benzene rings is 3. The fraction of sp³-hybridized carbons (Fsp3) is 0.375. The van der Waals surface area contributed by atoms with Crippen LogP contribution in [0.4, 0.5) is 5.69 Å². The Morgan fingerprint density at radius 2 is 1.69 bits per heavy atom. The number of amides is 2. The Balaban J connectivity index is 1.75. The van der Waals surface area contributed by atoms with Gasteiger partial charge < -0.3 is 15.0 Å². The normalized spacial score (nSPS) is 14.3. The molecule has 1 aliphatic rings. The van der Waals surface area contributed by atoms with Gasteiger partial charge in [-0.1, -0.05) is 67.8 Å². The summed E-state index contributed by atoms with van der Waals surface area (Å²) in [5.41, 5.74) is 1.81. The van der Waals surface area contributed by atoms with Crippen LogP contribution in [0.15, 0.2) is 77.7 Å². The minimum atomic E-state index is -4.19. The minimum absolute atomic E-state index is 0.0385. The van der Waals surface area contributed by atoms with E-state index in [1.807, 2.05) is 19.9 Å². The molecule has 0 spiro atoms. The standard InChI is InChI=1S/C32H38ClN3O5S/c1-4-28(32(38)34-26-10-8-9-11-26)35(21-24-15-17-25(33)18-16-24)31(37)22-36(29-20-23(2)14-19-30(29)41-3)42(39,40)27-12-6-5-7-13-27/h5-7,12-20,26,28H,4,8-11,21-22H2,1-3H3,(H,34,38)/t28-/m1/s1. The van der Waals surface area contributed by atoms with Crippen molar-refractivity contribution in [1.82, 2.24) is 10.2 Å². The summed E-state index contributed by atoms with van der Waals surface area (Å²) in [6, 6.07) is 19.5. The third-order valence-corrected chi connectivity index (χ3v) is 9.59. The molecule has 1 saturated carbocycles. The van der Waals surface area contributed by atoms with Gasteiger partial charge in [-0.3, -0.25) is 13.9 Å². The molecule has 42 heavy (non-hydrogen) atoms. The lowest BCUT2D eigenvalue weighted by molar-refractivity contribution is -0.140. The molecule has 0 heterocycles. The maximum atomic E-state index is 14.3. The molecule has 0 aromatic heterocycles. The quantitative estimate of drug-likeness (QED) is 0.283. The van der Waals surface area contributed by atoms with Crippen LogP contribution in [0.5, 0.6) is 5.75 Å². The number of nitrogens with zero attached hydrogens (tertiary/aromatic N) is 2. The predicted molar refractivity (Wildman–Crippen MR) is 165 cm³/mol. The van der Waals surface area contributed by atoms with Crippen LogP contribution in [-0.2, 0) is 26.2 Å². The highest BCUT2D eigenvalue weighted by Gasteiger charge is 2.35. The molecule has 1 aliphatic carbocycles. The molecular formula is C32H38ClN3O5S. The van der Waals surface area contributed by atoms with E-state index >= 15 is 0 Å². The highest BCUT2D eigenvalue weighted by atomic mass is 35.5. The van der Waals surface area contributed by atoms with E-state index < -0.39 is 28.5 Å². The molecule has 3 aromatic rings. The Hall–Kier alpha value is -3.56. The number of carbonyl (C=O) groups is 2. The average molecular weight is 612 g/mol. The summed E-state index contributed by atoms with van der Waals surface area (Å²) in [5.74, 6) is -0.443. The summed E-state index contributed by atoms with van der Waals surface area (Å²) >= 11 is 6.10. The molecule has 4 rings (SSSR count). The Morgan fingerprint density at radius 1 is 1.02 bits per heavy atom. The molecule has 0 bridgehead atoms. The summed E-state index contributed by atoms with van der Waals surface area (Å²) in [5, 5.41) is 3.67. The third kappa shape index (κ3) is 7.44. The van der Waals surface area contributed by atoms with Gasteiger partial charge in [0.05, 0.1) is 17.7 Å². The molecule has 0 saturated heterocycles. The monoisotopic (exact) mass is 611 g/mol. The van der Waals surface area contributed by atoms with Crippen molar-refractivity contribution in [3.8, 4) is 5.75 Å². The van der Waals surface area contributed by atoms with Crippen LogP contribution in [0.1, 0.15) is 50.2 Å². The van der Waals surface area contributed by atoms with Gasteiger partial charge >= 0.3 is 0 Å². The van der Waals surface area contributed by atoms with E-state index in [4.69, 9.17) is 16.3 Å². The maximum absolute atomic E-state index is 14.3. The van der Waals surface area contributed by atoms with Gasteiger partial charge in [0.15, 0.2) is 0 Å². The van der Waals surface area contributed by atoms with Gasteiger partial charge in [-0.25, -0.2) is 8.42 Å². The number of hydrogen-bond acceptors (Lipinski definition) is 5. The van der Waals surface area contributed by atoms with E-state index in [0.717, 1.165) is 41.1 Å². The number of nitrogens with one attached hydrogen (secondary N) is 1. The molecule has 2 amide bonds. The number of rotatable bonds is 12. The summed E-state index contributed by atoms with van der Waals surface area (Å²) in [4.78, 5) is 29.4.